The number of anilines is 2. The van der Waals surface area contributed by atoms with Crippen LogP contribution in [-0.4, -0.2) is 24.5 Å². The van der Waals surface area contributed by atoms with Gasteiger partial charge in [-0.05, 0) is 24.1 Å². The summed E-state index contributed by atoms with van der Waals surface area (Å²) in [6, 6.07) is 5.13. The summed E-state index contributed by atoms with van der Waals surface area (Å²) in [7, 11) is 0. The van der Waals surface area contributed by atoms with Crippen molar-refractivity contribution in [1.29, 1.82) is 0 Å². The van der Waals surface area contributed by atoms with E-state index in [0.717, 1.165) is 0 Å². The van der Waals surface area contributed by atoms with Crippen molar-refractivity contribution in [3.05, 3.63) is 18.2 Å². The van der Waals surface area contributed by atoms with Crippen LogP contribution in [0.3, 0.4) is 0 Å². The van der Waals surface area contributed by atoms with Crippen LogP contribution < -0.4 is 26.6 Å². The number of fused-ring (bicyclic) bond motifs is 1. The fourth-order valence-corrected chi connectivity index (χ4v) is 2.24. The molecule has 1 aliphatic rings. The van der Waals surface area contributed by atoms with Crippen LogP contribution in [-0.2, 0) is 9.59 Å². The van der Waals surface area contributed by atoms with Crippen LogP contribution in [0.1, 0.15) is 20.3 Å². The molecule has 114 valence electrons. The molecule has 2 amide bonds. The van der Waals surface area contributed by atoms with Gasteiger partial charge in [-0.1, -0.05) is 13.8 Å². The molecule has 0 fully saturated rings. The highest BCUT2D eigenvalue weighted by Crippen LogP contribution is 2.37. The molecule has 0 aromatic heterocycles. The van der Waals surface area contributed by atoms with E-state index in [0.29, 0.717) is 17.1 Å². The minimum absolute atomic E-state index is 0.0223. The number of carbonyl (C=O) groups excluding carboxylic acids is 2. The van der Waals surface area contributed by atoms with E-state index in [4.69, 9.17) is 16.3 Å². The molecule has 1 aliphatic heterocycles. The largest absolute Gasteiger partial charge is 0.478 e. The first kappa shape index (κ1) is 15.1. The van der Waals surface area contributed by atoms with Gasteiger partial charge in [0, 0.05) is 18.7 Å². The number of hydrogen-bond donors (Lipinski definition) is 3. The lowest BCUT2D eigenvalue weighted by molar-refractivity contribution is -0.128. The molecule has 1 atom stereocenters. The second-order valence-electron chi connectivity index (χ2n) is 5.32. The van der Waals surface area contributed by atoms with Crippen molar-refractivity contribution >= 4 is 23.2 Å². The second-order valence-corrected chi connectivity index (χ2v) is 5.32. The Hall–Kier alpha value is -2.28. The maximum absolute atomic E-state index is 12.5. The lowest BCUT2D eigenvalue weighted by atomic mass is 10.0. The van der Waals surface area contributed by atoms with Crippen LogP contribution >= 0.6 is 0 Å². The third kappa shape index (κ3) is 3.08. The van der Waals surface area contributed by atoms with Gasteiger partial charge in [-0.2, -0.15) is 0 Å². The molecular formula is C14H20N4O3. The lowest BCUT2D eigenvalue weighted by Gasteiger charge is -2.36. The summed E-state index contributed by atoms with van der Waals surface area (Å²) in [6.45, 7) is 4.05. The van der Waals surface area contributed by atoms with Gasteiger partial charge in [-0.15, -0.1) is 0 Å². The highest BCUT2D eigenvalue weighted by molar-refractivity contribution is 6.01. The molecule has 7 heteroatoms. The Bertz CT molecular complexity index is 559. The third-order valence-electron chi connectivity index (χ3n) is 3.37. The fourth-order valence-electron chi connectivity index (χ4n) is 2.24. The van der Waals surface area contributed by atoms with Crippen LogP contribution in [0.5, 0.6) is 5.75 Å². The van der Waals surface area contributed by atoms with Gasteiger partial charge in [-0.3, -0.25) is 15.0 Å². The first-order chi connectivity index (χ1) is 9.93. The van der Waals surface area contributed by atoms with Crippen LogP contribution in [0.4, 0.5) is 11.4 Å². The zero-order chi connectivity index (χ0) is 15.6. The molecule has 7 nitrogen and oxygen atoms in total. The van der Waals surface area contributed by atoms with Gasteiger partial charge in [0.05, 0.1) is 5.69 Å². The molecule has 0 spiro atoms. The zero-order valence-corrected chi connectivity index (χ0v) is 12.1. The number of rotatable bonds is 4. The van der Waals surface area contributed by atoms with Crippen LogP contribution in [0.15, 0.2) is 18.2 Å². The van der Waals surface area contributed by atoms with E-state index in [9.17, 15) is 9.59 Å². The van der Waals surface area contributed by atoms with Crippen molar-refractivity contribution in [1.82, 2.24) is 5.43 Å². The first-order valence-corrected chi connectivity index (χ1v) is 6.81. The summed E-state index contributed by atoms with van der Waals surface area (Å²) < 4.78 is 5.75. The normalized spacial score (nSPS) is 17.4. The Morgan fingerprint density at radius 1 is 1.48 bits per heavy atom. The van der Waals surface area contributed by atoms with E-state index in [-0.39, 0.29) is 30.7 Å². The molecule has 1 aromatic carbocycles. The van der Waals surface area contributed by atoms with Crippen LogP contribution in [0.2, 0.25) is 0 Å². The van der Waals surface area contributed by atoms with Gasteiger partial charge in [-0.25, -0.2) is 5.84 Å². The zero-order valence-electron chi connectivity index (χ0n) is 12.1. The highest BCUT2D eigenvalue weighted by atomic mass is 16.5. The molecule has 0 saturated carbocycles. The molecule has 2 rings (SSSR count). The molecular weight excluding hydrogens is 272 g/mol. The van der Waals surface area contributed by atoms with Crippen molar-refractivity contribution < 1.29 is 14.3 Å². The molecule has 1 unspecified atom stereocenters. The fraction of sp³-hybridized carbons (Fsp3) is 0.429. The van der Waals surface area contributed by atoms with Crippen molar-refractivity contribution in [2.75, 3.05) is 17.2 Å². The monoisotopic (exact) mass is 292 g/mol. The predicted octanol–water partition coefficient (Wildman–Crippen LogP) is 0.399. The van der Waals surface area contributed by atoms with Gasteiger partial charge in [0.15, 0.2) is 6.10 Å². The average Bonchev–Trinajstić information content (AvgIpc) is 2.45. The lowest BCUT2D eigenvalue weighted by Crippen LogP contribution is -2.49. The summed E-state index contributed by atoms with van der Waals surface area (Å²) in [5, 5.41) is 0. The minimum Gasteiger partial charge on any atom is -0.478 e. The average molecular weight is 292 g/mol. The molecule has 5 N–H and O–H groups in total. The Morgan fingerprint density at radius 3 is 2.81 bits per heavy atom. The number of nitrogens with one attached hydrogen (secondary N) is 1. The summed E-state index contributed by atoms with van der Waals surface area (Å²) in [6.07, 6.45) is -0.455. The van der Waals surface area contributed by atoms with Gasteiger partial charge in [0.25, 0.3) is 5.91 Å². The molecule has 0 saturated heterocycles. The van der Waals surface area contributed by atoms with E-state index >= 15 is 0 Å². The number of ether oxygens (including phenoxy) is 1. The maximum Gasteiger partial charge on any atom is 0.268 e. The number of nitrogen functional groups attached to an aromatic ring is 1. The molecule has 21 heavy (non-hydrogen) atoms. The molecule has 0 bridgehead atoms. The highest BCUT2D eigenvalue weighted by Gasteiger charge is 2.36. The van der Waals surface area contributed by atoms with Crippen LogP contribution in [0, 0.1) is 5.92 Å². The quantitative estimate of drug-likeness (QED) is 0.322. The molecule has 0 radical (unpaired) electrons. The first-order valence-electron chi connectivity index (χ1n) is 6.81. The number of nitrogens with zero attached hydrogens (tertiary/aromatic N) is 1. The number of hydrogen-bond acceptors (Lipinski definition) is 5. The van der Waals surface area contributed by atoms with Gasteiger partial charge in [0.1, 0.15) is 5.75 Å². The number of hydrazine groups is 1. The number of nitrogens with two attached hydrogens (primary N) is 2. The van der Waals surface area contributed by atoms with E-state index < -0.39 is 6.10 Å². The Labute approximate surface area is 123 Å². The third-order valence-corrected chi connectivity index (χ3v) is 3.37. The van der Waals surface area contributed by atoms with Gasteiger partial charge in [0.2, 0.25) is 5.91 Å². The second kappa shape index (κ2) is 6.01. The summed E-state index contributed by atoms with van der Waals surface area (Å²) in [4.78, 5) is 25.4. The van der Waals surface area contributed by atoms with Crippen molar-refractivity contribution in [3.8, 4) is 5.75 Å². The van der Waals surface area contributed by atoms with E-state index in [1.807, 2.05) is 13.8 Å². The van der Waals surface area contributed by atoms with Gasteiger partial charge >= 0.3 is 0 Å². The molecule has 1 aromatic rings. The Morgan fingerprint density at radius 2 is 2.19 bits per heavy atom. The molecule has 1 heterocycles. The smallest absolute Gasteiger partial charge is 0.268 e. The van der Waals surface area contributed by atoms with E-state index in [1.54, 1.807) is 18.2 Å². The topological polar surface area (TPSA) is 111 Å². The van der Waals surface area contributed by atoms with E-state index in [2.05, 4.69) is 5.43 Å². The summed E-state index contributed by atoms with van der Waals surface area (Å²) >= 11 is 0. The van der Waals surface area contributed by atoms with E-state index in [1.165, 1.54) is 4.90 Å². The van der Waals surface area contributed by atoms with Crippen molar-refractivity contribution in [2.24, 2.45) is 11.8 Å². The number of amides is 2. The minimum atomic E-state index is -0.568. The maximum atomic E-state index is 12.5. The SMILES string of the molecule is CC(C)C1Oc2ccc(N)cc2N(CCC(=O)NN)C1=O. The Balaban J connectivity index is 2.33. The van der Waals surface area contributed by atoms with Crippen molar-refractivity contribution in [2.45, 2.75) is 26.4 Å². The number of benzene rings is 1. The number of carbonyl (C=O) groups is 2. The van der Waals surface area contributed by atoms with Gasteiger partial charge < -0.3 is 15.4 Å². The summed E-state index contributed by atoms with van der Waals surface area (Å²) in [5.74, 6) is 5.18. The summed E-state index contributed by atoms with van der Waals surface area (Å²) in [5.41, 5.74) is 8.94. The predicted molar refractivity (Wildman–Crippen MR) is 79.4 cm³/mol. The Kier molecular flexibility index (Phi) is 4.32. The standard InChI is InChI=1S/C14H20N4O3/c1-8(2)13-14(20)18(6-5-12(19)17-16)10-7-9(15)3-4-11(10)21-13/h3-4,7-8,13H,5-6,15-16H2,1-2H3,(H,17,19). The molecule has 0 aliphatic carbocycles. The van der Waals surface area contributed by atoms with Crippen LogP contribution in [0.25, 0.3) is 0 Å². The van der Waals surface area contributed by atoms with Crippen molar-refractivity contribution in [3.63, 3.8) is 0 Å².